The fourth-order valence-corrected chi connectivity index (χ4v) is 8.60. The number of halogens is 5. The molecule has 56 heavy (non-hydrogen) atoms. The minimum absolute atomic E-state index is 0.0305. The highest BCUT2D eigenvalue weighted by atomic mass is 32.1. The highest BCUT2D eigenvalue weighted by Crippen LogP contribution is 2.44. The summed E-state index contributed by atoms with van der Waals surface area (Å²) in [7, 11) is 0. The number of fused-ring (bicyclic) bond motifs is 3. The molecule has 3 aliphatic heterocycles. The van der Waals surface area contributed by atoms with Crippen LogP contribution in [0.5, 0.6) is 0 Å². The average Bonchev–Trinajstić information content (AvgIpc) is 3.40. The molecule has 10 nitrogen and oxygen atoms in total. The molecule has 3 amide bonds. The molecule has 3 aliphatic rings. The number of alkyl halides is 3. The summed E-state index contributed by atoms with van der Waals surface area (Å²) < 4.78 is 76.7. The number of pyridine rings is 2. The molecule has 2 saturated heterocycles. The lowest BCUT2D eigenvalue weighted by molar-refractivity contribution is -0.137. The molecule has 0 aliphatic carbocycles. The van der Waals surface area contributed by atoms with Crippen molar-refractivity contribution < 1.29 is 41.1 Å². The second kappa shape index (κ2) is 14.4. The number of ether oxygens (including phenoxy) is 1. The second-order valence-electron chi connectivity index (χ2n) is 14.1. The number of benzene rings is 2. The molecule has 0 bridgehead atoms. The summed E-state index contributed by atoms with van der Waals surface area (Å²) in [6.07, 6.45) is 0.0838. The van der Waals surface area contributed by atoms with Crippen molar-refractivity contribution in [2.24, 2.45) is 5.41 Å². The summed E-state index contributed by atoms with van der Waals surface area (Å²) in [4.78, 5) is 52.9. The van der Waals surface area contributed by atoms with Gasteiger partial charge in [0.1, 0.15) is 22.2 Å². The number of anilines is 4. The van der Waals surface area contributed by atoms with Crippen LogP contribution < -0.4 is 20.4 Å². The first kappa shape index (κ1) is 37.2. The summed E-state index contributed by atoms with van der Waals surface area (Å²) in [5.41, 5.74) is 0.224. The Bertz CT molecular complexity index is 2370. The first-order valence-electron chi connectivity index (χ1n) is 17.8. The zero-order chi connectivity index (χ0) is 39.4. The van der Waals surface area contributed by atoms with Crippen LogP contribution in [0.25, 0.3) is 10.6 Å². The Balaban J connectivity index is 0.995. The van der Waals surface area contributed by atoms with Crippen molar-refractivity contribution in [3.8, 4) is 10.6 Å². The van der Waals surface area contributed by atoms with E-state index >= 15 is 4.39 Å². The number of nitrogens with one attached hydrogen (secondary N) is 2. The van der Waals surface area contributed by atoms with Gasteiger partial charge in [0.2, 0.25) is 0 Å². The molecule has 16 heteroatoms. The molecule has 0 radical (unpaired) electrons. The van der Waals surface area contributed by atoms with Gasteiger partial charge >= 0.3 is 6.18 Å². The normalized spacial score (nSPS) is 16.0. The number of aromatic nitrogens is 2. The number of thiophene rings is 1. The van der Waals surface area contributed by atoms with Crippen LogP contribution in [-0.2, 0) is 17.3 Å². The fourth-order valence-electron chi connectivity index (χ4n) is 7.47. The summed E-state index contributed by atoms with van der Waals surface area (Å²) in [6.45, 7) is 4.91. The number of amides is 3. The smallest absolute Gasteiger partial charge is 0.381 e. The van der Waals surface area contributed by atoms with Crippen molar-refractivity contribution in [2.75, 3.05) is 53.3 Å². The molecule has 8 rings (SSSR count). The standard InChI is InChI=1S/C40H33F5N6O4S/c1-22-18-26(35(47-19-22)50-20-39(21-50)12-16-55-17-13-39)36(52)48-24-9-7-23(8-10-24)38(54)51-15-11-25-30(42)34(56-33(25)32-29(51)6-3-14-46-32)37(53)49-31-27(40(43,44)45)4-2-5-28(31)41/h2-10,14,18-19H,11-13,15-17,20-21H2,1H3,(H,48,52)(H,49,53). The molecular formula is C40H33F5N6O4S. The minimum atomic E-state index is -4.98. The van der Waals surface area contributed by atoms with E-state index < -0.39 is 45.8 Å². The third-order valence-corrected chi connectivity index (χ3v) is 11.6. The van der Waals surface area contributed by atoms with E-state index in [0.717, 1.165) is 56.8 Å². The molecule has 0 unspecified atom stereocenters. The van der Waals surface area contributed by atoms with Gasteiger partial charge < -0.3 is 25.2 Å². The lowest BCUT2D eigenvalue weighted by Crippen LogP contribution is -2.59. The molecule has 1 spiro atoms. The number of carbonyl (C=O) groups excluding carboxylic acids is 3. The SMILES string of the molecule is Cc1cnc(N2CC3(CCOCC3)C2)c(C(=O)Nc2ccc(C(=O)N3CCc4c(sc(C(=O)Nc5c(F)cccc5C(F)(F)F)c4F)-c4ncccc43)cc2)c1. The number of carbonyl (C=O) groups is 3. The van der Waals surface area contributed by atoms with Crippen molar-refractivity contribution >= 4 is 51.9 Å². The summed E-state index contributed by atoms with van der Waals surface area (Å²) in [6, 6.07) is 13.6. The van der Waals surface area contributed by atoms with E-state index in [1.807, 2.05) is 12.2 Å². The third kappa shape index (κ3) is 6.87. The van der Waals surface area contributed by atoms with Crippen LogP contribution in [0.2, 0.25) is 0 Å². The maximum Gasteiger partial charge on any atom is 0.418 e. The topological polar surface area (TPSA) is 117 Å². The van der Waals surface area contributed by atoms with E-state index in [0.29, 0.717) is 40.2 Å². The van der Waals surface area contributed by atoms with Crippen molar-refractivity contribution in [3.63, 3.8) is 0 Å². The highest BCUT2D eigenvalue weighted by Gasteiger charge is 2.45. The predicted octanol–water partition coefficient (Wildman–Crippen LogP) is 8.13. The summed E-state index contributed by atoms with van der Waals surface area (Å²) >= 11 is 0.650. The van der Waals surface area contributed by atoms with E-state index in [-0.39, 0.29) is 46.0 Å². The Kier molecular flexibility index (Phi) is 9.56. The Morgan fingerprint density at radius 2 is 1.68 bits per heavy atom. The Morgan fingerprint density at radius 3 is 2.41 bits per heavy atom. The number of rotatable bonds is 6. The lowest BCUT2D eigenvalue weighted by Gasteiger charge is -2.53. The van der Waals surface area contributed by atoms with Crippen LogP contribution in [0.15, 0.2) is 73.1 Å². The molecular weight excluding hydrogens is 756 g/mol. The lowest BCUT2D eigenvalue weighted by atomic mass is 9.73. The Morgan fingerprint density at radius 1 is 0.929 bits per heavy atom. The number of aryl methyl sites for hydroxylation is 1. The van der Waals surface area contributed by atoms with Gasteiger partial charge in [-0.1, -0.05) is 6.07 Å². The first-order chi connectivity index (χ1) is 26.8. The van der Waals surface area contributed by atoms with E-state index in [2.05, 4.69) is 20.2 Å². The van der Waals surface area contributed by atoms with Gasteiger partial charge in [-0.05, 0) is 86.3 Å². The van der Waals surface area contributed by atoms with Crippen LogP contribution in [0, 0.1) is 24.0 Å². The van der Waals surface area contributed by atoms with Gasteiger partial charge in [0.25, 0.3) is 17.7 Å². The first-order valence-corrected chi connectivity index (χ1v) is 18.6. The molecule has 0 atom stereocenters. The number of hydrogen-bond donors (Lipinski definition) is 2. The van der Waals surface area contributed by atoms with Gasteiger partial charge in [-0.15, -0.1) is 11.3 Å². The molecule has 3 aromatic heterocycles. The van der Waals surface area contributed by atoms with Gasteiger partial charge in [-0.2, -0.15) is 13.2 Å². The van der Waals surface area contributed by atoms with Gasteiger partial charge in [-0.3, -0.25) is 19.4 Å². The maximum atomic E-state index is 16.0. The second-order valence-corrected chi connectivity index (χ2v) is 15.1. The van der Waals surface area contributed by atoms with Gasteiger partial charge in [0, 0.05) is 67.5 Å². The zero-order valence-corrected chi connectivity index (χ0v) is 30.6. The van der Waals surface area contributed by atoms with Crippen LogP contribution in [0.3, 0.4) is 0 Å². The van der Waals surface area contributed by atoms with Crippen molar-refractivity contribution in [1.29, 1.82) is 0 Å². The molecule has 2 fully saturated rings. The average molecular weight is 789 g/mol. The van der Waals surface area contributed by atoms with E-state index in [9.17, 15) is 31.9 Å². The van der Waals surface area contributed by atoms with E-state index in [4.69, 9.17) is 4.74 Å². The fraction of sp³-hybridized carbons (Fsp3) is 0.275. The van der Waals surface area contributed by atoms with Crippen molar-refractivity contribution in [3.05, 3.63) is 117 Å². The number of hydrogen-bond acceptors (Lipinski definition) is 8. The molecule has 0 saturated carbocycles. The zero-order valence-electron chi connectivity index (χ0n) is 29.8. The van der Waals surface area contributed by atoms with Crippen LogP contribution in [0.1, 0.15) is 59.9 Å². The van der Waals surface area contributed by atoms with Crippen LogP contribution in [-0.4, -0.2) is 60.5 Å². The van der Waals surface area contributed by atoms with Crippen molar-refractivity contribution in [2.45, 2.75) is 32.4 Å². The van der Waals surface area contributed by atoms with E-state index in [1.165, 1.54) is 11.1 Å². The minimum Gasteiger partial charge on any atom is -0.381 e. The molecule has 5 aromatic rings. The Hall–Kier alpha value is -5.74. The quantitative estimate of drug-likeness (QED) is 0.167. The van der Waals surface area contributed by atoms with Gasteiger partial charge in [-0.25, -0.2) is 13.8 Å². The summed E-state index contributed by atoms with van der Waals surface area (Å²) in [5, 5.41) is 4.83. The third-order valence-electron chi connectivity index (χ3n) is 10.4. The van der Waals surface area contributed by atoms with Gasteiger partial charge in [0.05, 0.1) is 27.4 Å². The Labute approximate surface area is 321 Å². The predicted molar refractivity (Wildman–Crippen MR) is 200 cm³/mol. The van der Waals surface area contributed by atoms with Crippen LogP contribution >= 0.6 is 11.3 Å². The maximum absolute atomic E-state index is 16.0. The monoisotopic (exact) mass is 788 g/mol. The van der Waals surface area contributed by atoms with E-state index in [1.54, 1.807) is 48.7 Å². The largest absolute Gasteiger partial charge is 0.418 e. The van der Waals surface area contributed by atoms with Crippen molar-refractivity contribution in [1.82, 2.24) is 9.97 Å². The molecule has 6 heterocycles. The number of para-hydroxylation sites is 1. The van der Waals surface area contributed by atoms with Gasteiger partial charge in [0.15, 0.2) is 5.82 Å². The molecule has 2 aromatic carbocycles. The molecule has 2 N–H and O–H groups in total. The summed E-state index contributed by atoms with van der Waals surface area (Å²) in [5.74, 6) is -3.74. The molecule has 288 valence electrons. The van der Waals surface area contributed by atoms with Crippen LogP contribution in [0.4, 0.5) is 44.8 Å². The number of nitrogens with zero attached hydrogens (tertiary/aromatic N) is 4. The highest BCUT2D eigenvalue weighted by molar-refractivity contribution is 7.17.